The Labute approximate surface area is 114 Å². The van der Waals surface area contributed by atoms with Crippen LogP contribution in [0.25, 0.3) is 0 Å². The molecule has 0 aliphatic carbocycles. The van der Waals surface area contributed by atoms with E-state index in [4.69, 9.17) is 0 Å². The van der Waals surface area contributed by atoms with Gasteiger partial charge in [-0.2, -0.15) is 0 Å². The van der Waals surface area contributed by atoms with Crippen LogP contribution in [0, 0.1) is 0 Å². The van der Waals surface area contributed by atoms with Crippen molar-refractivity contribution < 1.29 is 5.11 Å². The molecule has 0 aliphatic rings. The molecule has 2 aromatic rings. The molecule has 2 N–H and O–H groups in total. The molecule has 0 radical (unpaired) electrons. The van der Waals surface area contributed by atoms with E-state index in [1.165, 1.54) is 11.3 Å². The summed E-state index contributed by atoms with van der Waals surface area (Å²) in [7, 11) is 1.86. The van der Waals surface area contributed by atoms with Crippen molar-refractivity contribution in [3.63, 3.8) is 0 Å². The van der Waals surface area contributed by atoms with E-state index in [2.05, 4.69) is 15.5 Å². The minimum atomic E-state index is -0.447. The molecule has 0 amide bonds. The van der Waals surface area contributed by atoms with Gasteiger partial charge in [0.2, 0.25) is 0 Å². The SMILES string of the molecule is CNC(CO)(CSc1nncs1)c1ccccc1. The number of hydrogen-bond donors (Lipinski definition) is 2. The number of aliphatic hydroxyl groups excluding tert-OH is 1. The number of aromatic nitrogens is 2. The van der Waals surface area contributed by atoms with Crippen molar-refractivity contribution in [1.82, 2.24) is 15.5 Å². The van der Waals surface area contributed by atoms with Crippen LogP contribution in [-0.4, -0.2) is 34.7 Å². The van der Waals surface area contributed by atoms with Crippen molar-refractivity contribution in [2.45, 2.75) is 9.88 Å². The second-order valence-corrected chi connectivity index (χ2v) is 5.91. The number of nitrogens with zero attached hydrogens (tertiary/aromatic N) is 2. The Morgan fingerprint density at radius 2 is 2.17 bits per heavy atom. The highest BCUT2D eigenvalue weighted by molar-refractivity contribution is 8.01. The number of nitrogens with one attached hydrogen (secondary N) is 1. The Balaban J connectivity index is 2.16. The van der Waals surface area contributed by atoms with Gasteiger partial charge in [0.15, 0.2) is 4.34 Å². The molecule has 18 heavy (non-hydrogen) atoms. The van der Waals surface area contributed by atoms with Gasteiger partial charge in [0.25, 0.3) is 0 Å². The van der Waals surface area contributed by atoms with Crippen molar-refractivity contribution in [2.75, 3.05) is 19.4 Å². The third-order valence-corrected chi connectivity index (χ3v) is 4.95. The van der Waals surface area contributed by atoms with Gasteiger partial charge >= 0.3 is 0 Å². The standard InChI is InChI=1S/C12H15N3OS2/c1-13-12(7-16,10-5-3-2-4-6-10)8-17-11-15-14-9-18-11/h2-6,9,13,16H,7-8H2,1H3. The number of aliphatic hydroxyl groups is 1. The highest BCUT2D eigenvalue weighted by Gasteiger charge is 2.30. The zero-order valence-corrected chi connectivity index (χ0v) is 11.7. The molecule has 0 fully saturated rings. The number of hydrogen-bond acceptors (Lipinski definition) is 6. The van der Waals surface area contributed by atoms with Crippen molar-refractivity contribution in [1.29, 1.82) is 0 Å². The monoisotopic (exact) mass is 281 g/mol. The molecule has 96 valence electrons. The minimum Gasteiger partial charge on any atom is -0.394 e. The number of rotatable bonds is 6. The first-order valence-corrected chi connectivity index (χ1v) is 7.41. The fraction of sp³-hybridized carbons (Fsp3) is 0.333. The van der Waals surface area contributed by atoms with Gasteiger partial charge in [-0.1, -0.05) is 53.4 Å². The summed E-state index contributed by atoms with van der Waals surface area (Å²) in [6.07, 6.45) is 0. The first-order valence-electron chi connectivity index (χ1n) is 5.55. The van der Waals surface area contributed by atoms with E-state index in [-0.39, 0.29) is 6.61 Å². The zero-order valence-electron chi connectivity index (χ0n) is 10.0. The van der Waals surface area contributed by atoms with Gasteiger partial charge in [0, 0.05) is 5.75 Å². The molecule has 1 aromatic carbocycles. The van der Waals surface area contributed by atoms with E-state index in [0.29, 0.717) is 5.75 Å². The Kier molecular flexibility index (Phi) is 4.71. The van der Waals surface area contributed by atoms with Crippen LogP contribution in [0.3, 0.4) is 0 Å². The fourth-order valence-electron chi connectivity index (χ4n) is 1.68. The topological polar surface area (TPSA) is 58.0 Å². The second kappa shape index (κ2) is 6.29. The van der Waals surface area contributed by atoms with Crippen LogP contribution in [0.2, 0.25) is 0 Å². The lowest BCUT2D eigenvalue weighted by molar-refractivity contribution is 0.187. The van der Waals surface area contributed by atoms with E-state index >= 15 is 0 Å². The van der Waals surface area contributed by atoms with Crippen molar-refractivity contribution in [3.8, 4) is 0 Å². The molecule has 6 heteroatoms. The van der Waals surface area contributed by atoms with Crippen LogP contribution in [0.1, 0.15) is 5.56 Å². The molecule has 0 spiro atoms. The Morgan fingerprint density at radius 3 is 2.72 bits per heavy atom. The summed E-state index contributed by atoms with van der Waals surface area (Å²) in [5, 5.41) is 20.8. The molecule has 1 atom stereocenters. The highest BCUT2D eigenvalue weighted by atomic mass is 32.2. The molecule has 0 saturated carbocycles. The van der Waals surface area contributed by atoms with E-state index < -0.39 is 5.54 Å². The van der Waals surface area contributed by atoms with Crippen LogP contribution < -0.4 is 5.32 Å². The van der Waals surface area contributed by atoms with E-state index in [0.717, 1.165) is 9.90 Å². The smallest absolute Gasteiger partial charge is 0.174 e. The maximum atomic E-state index is 9.75. The first-order chi connectivity index (χ1) is 8.80. The molecule has 1 heterocycles. The average molecular weight is 281 g/mol. The second-order valence-electron chi connectivity index (χ2n) is 3.85. The summed E-state index contributed by atoms with van der Waals surface area (Å²) < 4.78 is 0.916. The number of benzene rings is 1. The highest BCUT2D eigenvalue weighted by Crippen LogP contribution is 2.29. The van der Waals surface area contributed by atoms with Crippen molar-refractivity contribution in [3.05, 3.63) is 41.4 Å². The largest absolute Gasteiger partial charge is 0.394 e. The van der Waals surface area contributed by atoms with Gasteiger partial charge < -0.3 is 10.4 Å². The fourth-order valence-corrected chi connectivity index (χ4v) is 3.42. The van der Waals surface area contributed by atoms with Gasteiger partial charge in [-0.05, 0) is 12.6 Å². The molecule has 0 saturated heterocycles. The van der Waals surface area contributed by atoms with E-state index in [1.54, 1.807) is 17.3 Å². The average Bonchev–Trinajstić information content (AvgIpc) is 2.95. The molecule has 1 unspecified atom stereocenters. The quantitative estimate of drug-likeness (QED) is 0.790. The van der Waals surface area contributed by atoms with Gasteiger partial charge in [-0.15, -0.1) is 10.2 Å². The van der Waals surface area contributed by atoms with Gasteiger partial charge in [0.1, 0.15) is 5.51 Å². The third kappa shape index (κ3) is 2.89. The maximum Gasteiger partial charge on any atom is 0.174 e. The number of thioether (sulfide) groups is 1. The summed E-state index contributed by atoms with van der Waals surface area (Å²) in [4.78, 5) is 0. The molecular weight excluding hydrogens is 266 g/mol. The predicted molar refractivity (Wildman–Crippen MR) is 74.9 cm³/mol. The summed E-state index contributed by atoms with van der Waals surface area (Å²) in [5.41, 5.74) is 2.34. The zero-order chi connectivity index (χ0) is 12.8. The molecule has 4 nitrogen and oxygen atoms in total. The molecule has 2 rings (SSSR count). The Bertz CT molecular complexity index is 457. The van der Waals surface area contributed by atoms with Gasteiger partial charge in [-0.25, -0.2) is 0 Å². The van der Waals surface area contributed by atoms with E-state index in [9.17, 15) is 5.11 Å². The first kappa shape index (κ1) is 13.5. The number of likely N-dealkylation sites (N-methyl/N-ethyl adjacent to an activating group) is 1. The summed E-state index contributed by atoms with van der Waals surface area (Å²) in [6.45, 7) is 0.0410. The minimum absolute atomic E-state index is 0.0410. The van der Waals surface area contributed by atoms with Crippen LogP contribution in [-0.2, 0) is 5.54 Å². The third-order valence-electron chi connectivity index (χ3n) is 2.86. The lowest BCUT2D eigenvalue weighted by Crippen LogP contribution is -2.45. The van der Waals surface area contributed by atoms with Gasteiger partial charge in [-0.3, -0.25) is 0 Å². The molecule has 1 aromatic heterocycles. The van der Waals surface area contributed by atoms with Crippen molar-refractivity contribution >= 4 is 23.1 Å². The van der Waals surface area contributed by atoms with E-state index in [1.807, 2.05) is 37.4 Å². The Hall–Kier alpha value is -0.950. The lowest BCUT2D eigenvalue weighted by atomic mass is 9.93. The molecular formula is C12H15N3OS2. The van der Waals surface area contributed by atoms with Crippen LogP contribution in [0.5, 0.6) is 0 Å². The summed E-state index contributed by atoms with van der Waals surface area (Å²) in [6, 6.07) is 9.97. The normalized spacial score (nSPS) is 14.3. The molecule has 0 bridgehead atoms. The Morgan fingerprint density at radius 1 is 1.39 bits per heavy atom. The van der Waals surface area contributed by atoms with Crippen LogP contribution in [0.4, 0.5) is 0 Å². The summed E-state index contributed by atoms with van der Waals surface area (Å²) in [5.74, 6) is 0.708. The maximum absolute atomic E-state index is 9.75. The van der Waals surface area contributed by atoms with Crippen LogP contribution >= 0.6 is 23.1 Å². The van der Waals surface area contributed by atoms with Crippen LogP contribution in [0.15, 0.2) is 40.2 Å². The lowest BCUT2D eigenvalue weighted by Gasteiger charge is -2.31. The summed E-state index contributed by atoms with van der Waals surface area (Å²) >= 11 is 3.11. The van der Waals surface area contributed by atoms with Gasteiger partial charge in [0.05, 0.1) is 12.1 Å². The predicted octanol–water partition coefficient (Wildman–Crippen LogP) is 1.74. The van der Waals surface area contributed by atoms with Crippen molar-refractivity contribution in [2.24, 2.45) is 0 Å². The molecule has 0 aliphatic heterocycles.